The Bertz CT molecular complexity index is 667. The lowest BCUT2D eigenvalue weighted by Crippen LogP contribution is -2.38. The fourth-order valence-electron chi connectivity index (χ4n) is 3.22. The molecule has 5 nitrogen and oxygen atoms in total. The third kappa shape index (κ3) is 4.73. The van der Waals surface area contributed by atoms with Gasteiger partial charge in [-0.25, -0.2) is 4.79 Å². The number of urea groups is 1. The number of ether oxygens (including phenoxy) is 1. The Labute approximate surface area is 149 Å². The van der Waals surface area contributed by atoms with E-state index in [-0.39, 0.29) is 12.1 Å². The minimum Gasteiger partial charge on any atom is -0.497 e. The van der Waals surface area contributed by atoms with Crippen molar-refractivity contribution in [3.05, 3.63) is 60.2 Å². The second kappa shape index (κ2) is 8.53. The Balaban J connectivity index is 1.64. The number of nitrogens with one attached hydrogen (secondary N) is 2. The van der Waals surface area contributed by atoms with Crippen LogP contribution in [0.25, 0.3) is 0 Å². The molecule has 1 aliphatic heterocycles. The number of anilines is 1. The first kappa shape index (κ1) is 17.3. The van der Waals surface area contributed by atoms with E-state index in [1.54, 1.807) is 7.11 Å². The summed E-state index contributed by atoms with van der Waals surface area (Å²) in [6.07, 6.45) is 2.42. The predicted molar refractivity (Wildman–Crippen MR) is 100 cm³/mol. The molecule has 0 unspecified atom stereocenters. The molecule has 0 aliphatic carbocycles. The van der Waals surface area contributed by atoms with Crippen LogP contribution in [0.15, 0.2) is 54.6 Å². The third-order valence-electron chi connectivity index (χ3n) is 4.57. The summed E-state index contributed by atoms with van der Waals surface area (Å²) in [5.41, 5.74) is 1.99. The van der Waals surface area contributed by atoms with Crippen molar-refractivity contribution in [1.29, 1.82) is 0 Å². The molecule has 1 atom stereocenters. The van der Waals surface area contributed by atoms with Crippen LogP contribution in [-0.4, -0.2) is 37.7 Å². The molecule has 2 amide bonds. The van der Waals surface area contributed by atoms with Crippen LogP contribution in [-0.2, 0) is 0 Å². The summed E-state index contributed by atoms with van der Waals surface area (Å²) in [6.45, 7) is 2.71. The van der Waals surface area contributed by atoms with Crippen molar-refractivity contribution in [3.8, 4) is 5.75 Å². The molecule has 25 heavy (non-hydrogen) atoms. The Hall–Kier alpha value is -2.53. The van der Waals surface area contributed by atoms with Crippen LogP contribution in [0.4, 0.5) is 10.5 Å². The first-order chi connectivity index (χ1) is 12.3. The summed E-state index contributed by atoms with van der Waals surface area (Å²) in [6, 6.07) is 17.6. The average Bonchev–Trinajstić information content (AvgIpc) is 3.18. The number of methoxy groups -OCH3 is 1. The molecule has 132 valence electrons. The number of carbonyl (C=O) groups is 1. The number of nitrogens with zero attached hydrogens (tertiary/aromatic N) is 1. The van der Waals surface area contributed by atoms with E-state index in [1.807, 2.05) is 42.5 Å². The van der Waals surface area contributed by atoms with Gasteiger partial charge in [0.2, 0.25) is 0 Å². The minimum absolute atomic E-state index is 0.176. The van der Waals surface area contributed by atoms with Gasteiger partial charge >= 0.3 is 6.03 Å². The predicted octanol–water partition coefficient (Wildman–Crippen LogP) is 3.65. The van der Waals surface area contributed by atoms with Crippen molar-refractivity contribution < 1.29 is 9.53 Å². The molecule has 0 aromatic heterocycles. The zero-order valence-electron chi connectivity index (χ0n) is 14.6. The normalized spacial score (nSPS) is 15.6. The highest BCUT2D eigenvalue weighted by molar-refractivity contribution is 5.89. The van der Waals surface area contributed by atoms with Gasteiger partial charge < -0.3 is 15.4 Å². The number of amides is 2. The number of hydrogen-bond acceptors (Lipinski definition) is 3. The molecular weight excluding hydrogens is 314 g/mol. The smallest absolute Gasteiger partial charge is 0.319 e. The zero-order chi connectivity index (χ0) is 17.5. The lowest BCUT2D eigenvalue weighted by molar-refractivity contribution is 0.227. The van der Waals surface area contributed by atoms with Gasteiger partial charge in [-0.2, -0.15) is 0 Å². The van der Waals surface area contributed by atoms with Crippen LogP contribution < -0.4 is 15.4 Å². The van der Waals surface area contributed by atoms with Crippen molar-refractivity contribution in [2.75, 3.05) is 32.1 Å². The summed E-state index contributed by atoms with van der Waals surface area (Å²) >= 11 is 0. The number of rotatable bonds is 6. The second-order valence-corrected chi connectivity index (χ2v) is 6.23. The van der Waals surface area contributed by atoms with Crippen LogP contribution in [0.1, 0.15) is 24.4 Å². The molecule has 1 fully saturated rings. The molecule has 0 bridgehead atoms. The quantitative estimate of drug-likeness (QED) is 0.844. The van der Waals surface area contributed by atoms with Crippen molar-refractivity contribution >= 4 is 11.7 Å². The fraction of sp³-hybridized carbons (Fsp3) is 0.350. The van der Waals surface area contributed by atoms with Gasteiger partial charge in [-0.3, -0.25) is 4.90 Å². The lowest BCUT2D eigenvalue weighted by Gasteiger charge is -2.28. The molecule has 2 aromatic carbocycles. The maximum atomic E-state index is 12.2. The van der Waals surface area contributed by atoms with Gasteiger partial charge in [-0.1, -0.05) is 30.3 Å². The first-order valence-corrected chi connectivity index (χ1v) is 8.74. The summed E-state index contributed by atoms with van der Waals surface area (Å²) < 4.78 is 5.25. The Morgan fingerprint density at radius 1 is 1.08 bits per heavy atom. The SMILES string of the molecule is COc1ccc([C@@H](CNC(=O)Nc2ccccc2)N2CCCC2)cc1. The molecule has 1 heterocycles. The molecular formula is C20H25N3O2. The van der Waals surface area contributed by atoms with Crippen LogP contribution in [0.5, 0.6) is 5.75 Å². The molecule has 1 saturated heterocycles. The number of hydrogen-bond donors (Lipinski definition) is 2. The van der Waals surface area contributed by atoms with Gasteiger partial charge in [-0.15, -0.1) is 0 Å². The van der Waals surface area contributed by atoms with E-state index in [0.717, 1.165) is 24.5 Å². The van der Waals surface area contributed by atoms with Gasteiger partial charge in [0.15, 0.2) is 0 Å². The van der Waals surface area contributed by atoms with Crippen LogP contribution in [0.2, 0.25) is 0 Å². The average molecular weight is 339 g/mol. The van der Waals surface area contributed by atoms with E-state index in [4.69, 9.17) is 4.74 Å². The molecule has 2 N–H and O–H groups in total. The van der Waals surface area contributed by atoms with E-state index in [0.29, 0.717) is 6.54 Å². The number of likely N-dealkylation sites (tertiary alicyclic amines) is 1. The van der Waals surface area contributed by atoms with Crippen molar-refractivity contribution in [3.63, 3.8) is 0 Å². The molecule has 0 saturated carbocycles. The van der Waals surface area contributed by atoms with Crippen molar-refractivity contribution in [1.82, 2.24) is 10.2 Å². The van der Waals surface area contributed by atoms with Crippen LogP contribution in [0.3, 0.4) is 0 Å². The topological polar surface area (TPSA) is 53.6 Å². The third-order valence-corrected chi connectivity index (χ3v) is 4.57. The molecule has 5 heteroatoms. The Kier molecular flexibility index (Phi) is 5.90. The molecule has 3 rings (SSSR count). The monoisotopic (exact) mass is 339 g/mol. The zero-order valence-corrected chi connectivity index (χ0v) is 14.6. The van der Waals surface area contributed by atoms with Crippen LogP contribution >= 0.6 is 0 Å². The highest BCUT2D eigenvalue weighted by Crippen LogP contribution is 2.26. The molecule has 2 aromatic rings. The van der Waals surface area contributed by atoms with E-state index in [9.17, 15) is 4.79 Å². The van der Waals surface area contributed by atoms with E-state index in [2.05, 4.69) is 27.7 Å². The molecule has 0 radical (unpaired) electrons. The van der Waals surface area contributed by atoms with E-state index < -0.39 is 0 Å². The van der Waals surface area contributed by atoms with Crippen LogP contribution in [0, 0.1) is 0 Å². The summed E-state index contributed by atoms with van der Waals surface area (Å²) in [7, 11) is 1.67. The maximum Gasteiger partial charge on any atom is 0.319 e. The Morgan fingerprint density at radius 2 is 1.76 bits per heavy atom. The standard InChI is InChI=1S/C20H25N3O2/c1-25-18-11-9-16(10-12-18)19(23-13-5-6-14-23)15-21-20(24)22-17-7-3-2-4-8-17/h2-4,7-12,19H,5-6,13-15H2,1H3,(H2,21,22,24)/t19-/m1/s1. The van der Waals surface area contributed by atoms with Gasteiger partial charge in [-0.05, 0) is 55.8 Å². The van der Waals surface area contributed by atoms with E-state index >= 15 is 0 Å². The van der Waals surface area contributed by atoms with E-state index in [1.165, 1.54) is 18.4 Å². The summed E-state index contributed by atoms with van der Waals surface area (Å²) in [5, 5.41) is 5.88. The highest BCUT2D eigenvalue weighted by atomic mass is 16.5. The summed E-state index contributed by atoms with van der Waals surface area (Å²) in [4.78, 5) is 14.6. The molecule has 1 aliphatic rings. The summed E-state index contributed by atoms with van der Waals surface area (Å²) in [5.74, 6) is 0.846. The van der Waals surface area contributed by atoms with Gasteiger partial charge in [0.05, 0.1) is 13.2 Å². The number of carbonyl (C=O) groups excluding carboxylic acids is 1. The lowest BCUT2D eigenvalue weighted by atomic mass is 10.1. The first-order valence-electron chi connectivity index (χ1n) is 8.74. The second-order valence-electron chi connectivity index (χ2n) is 6.23. The van der Waals surface area contributed by atoms with Gasteiger partial charge in [0.1, 0.15) is 5.75 Å². The fourth-order valence-corrected chi connectivity index (χ4v) is 3.22. The van der Waals surface area contributed by atoms with Crippen molar-refractivity contribution in [2.24, 2.45) is 0 Å². The van der Waals surface area contributed by atoms with Crippen molar-refractivity contribution in [2.45, 2.75) is 18.9 Å². The van der Waals surface area contributed by atoms with Gasteiger partial charge in [0, 0.05) is 12.2 Å². The Morgan fingerprint density at radius 3 is 2.40 bits per heavy atom. The largest absolute Gasteiger partial charge is 0.497 e. The highest BCUT2D eigenvalue weighted by Gasteiger charge is 2.24. The molecule has 0 spiro atoms. The van der Waals surface area contributed by atoms with Gasteiger partial charge in [0.25, 0.3) is 0 Å². The maximum absolute atomic E-state index is 12.2. The number of benzene rings is 2. The number of para-hydroxylation sites is 1. The minimum atomic E-state index is -0.177.